The van der Waals surface area contributed by atoms with Crippen LogP contribution in [0.5, 0.6) is 0 Å². The van der Waals surface area contributed by atoms with Gasteiger partial charge in [-0.2, -0.15) is 5.10 Å². The molecule has 3 heteroatoms. The van der Waals surface area contributed by atoms with E-state index in [1.165, 1.54) is 5.56 Å². The van der Waals surface area contributed by atoms with Crippen molar-refractivity contribution >= 4 is 22.5 Å². The fourth-order valence-electron chi connectivity index (χ4n) is 1.45. The van der Waals surface area contributed by atoms with E-state index in [1.807, 2.05) is 23.9 Å². The molecule has 0 bridgehead atoms. The molecule has 2 rings (SSSR count). The van der Waals surface area contributed by atoms with Gasteiger partial charge in [0.2, 0.25) is 0 Å². The first-order valence-electron chi connectivity index (χ1n) is 3.77. The second-order valence-corrected chi connectivity index (χ2v) is 3.30. The summed E-state index contributed by atoms with van der Waals surface area (Å²) in [5.74, 6) is 0. The van der Waals surface area contributed by atoms with Crippen LogP contribution in [0.2, 0.25) is 5.02 Å². The predicted molar refractivity (Wildman–Crippen MR) is 50.5 cm³/mol. The zero-order valence-electron chi connectivity index (χ0n) is 7.00. The summed E-state index contributed by atoms with van der Waals surface area (Å²) >= 11 is 5.99. The Morgan fingerprint density at radius 3 is 2.83 bits per heavy atom. The maximum absolute atomic E-state index is 5.99. The van der Waals surface area contributed by atoms with Crippen LogP contribution in [0.4, 0.5) is 0 Å². The van der Waals surface area contributed by atoms with Crippen molar-refractivity contribution in [3.05, 3.63) is 28.9 Å². The Bertz CT molecular complexity index is 431. The fourth-order valence-corrected chi connectivity index (χ4v) is 1.65. The Morgan fingerprint density at radius 2 is 2.17 bits per heavy atom. The van der Waals surface area contributed by atoms with Crippen molar-refractivity contribution < 1.29 is 0 Å². The summed E-state index contributed by atoms with van der Waals surface area (Å²) < 4.78 is 1.84. The number of aromatic nitrogens is 2. The van der Waals surface area contributed by atoms with Crippen LogP contribution in [0, 0.1) is 6.92 Å². The number of benzene rings is 1. The van der Waals surface area contributed by atoms with Gasteiger partial charge in [0.1, 0.15) is 0 Å². The first-order chi connectivity index (χ1) is 5.70. The third kappa shape index (κ3) is 0.916. The lowest BCUT2D eigenvalue weighted by molar-refractivity contribution is 0.794. The molecule has 0 aliphatic rings. The van der Waals surface area contributed by atoms with Crippen molar-refractivity contribution in [1.82, 2.24) is 9.78 Å². The summed E-state index contributed by atoms with van der Waals surface area (Å²) in [5, 5.41) is 5.94. The quantitative estimate of drug-likeness (QED) is 0.609. The average Bonchev–Trinajstić information content (AvgIpc) is 2.42. The minimum Gasteiger partial charge on any atom is -0.268 e. The molecule has 1 aromatic heterocycles. The molecule has 2 nitrogen and oxygen atoms in total. The van der Waals surface area contributed by atoms with Crippen molar-refractivity contribution in [2.24, 2.45) is 7.05 Å². The summed E-state index contributed by atoms with van der Waals surface area (Å²) in [6.45, 7) is 2.06. The smallest absolute Gasteiger partial charge is 0.0723 e. The van der Waals surface area contributed by atoms with Gasteiger partial charge in [0, 0.05) is 12.4 Å². The molecule has 62 valence electrons. The fraction of sp³-hybridized carbons (Fsp3) is 0.222. The van der Waals surface area contributed by atoms with Gasteiger partial charge in [0.15, 0.2) is 0 Å². The molecule has 0 unspecified atom stereocenters. The number of aryl methyl sites for hydroxylation is 2. The molecule has 0 saturated carbocycles. The summed E-state index contributed by atoms with van der Waals surface area (Å²) in [6, 6.07) is 3.91. The van der Waals surface area contributed by atoms with E-state index in [9.17, 15) is 0 Å². The van der Waals surface area contributed by atoms with Crippen LogP contribution in [-0.4, -0.2) is 9.78 Å². The highest BCUT2D eigenvalue weighted by Crippen LogP contribution is 2.24. The number of rotatable bonds is 0. The van der Waals surface area contributed by atoms with Gasteiger partial charge in [-0.05, 0) is 18.6 Å². The van der Waals surface area contributed by atoms with Gasteiger partial charge >= 0.3 is 0 Å². The van der Waals surface area contributed by atoms with Crippen LogP contribution in [0.15, 0.2) is 18.3 Å². The Kier molecular flexibility index (Phi) is 1.58. The van der Waals surface area contributed by atoms with E-state index in [0.29, 0.717) is 0 Å². The molecule has 0 radical (unpaired) electrons. The number of hydrogen-bond donors (Lipinski definition) is 0. The molecule has 0 N–H and O–H groups in total. The second-order valence-electron chi connectivity index (χ2n) is 2.89. The van der Waals surface area contributed by atoms with Crippen LogP contribution in [0.25, 0.3) is 10.9 Å². The minimum absolute atomic E-state index is 0.767. The molecule has 1 aromatic carbocycles. The van der Waals surface area contributed by atoms with Crippen LogP contribution in [0.1, 0.15) is 5.56 Å². The summed E-state index contributed by atoms with van der Waals surface area (Å²) in [5.41, 5.74) is 2.32. The molecule has 0 fully saturated rings. The van der Waals surface area contributed by atoms with E-state index in [2.05, 4.69) is 12.0 Å². The van der Waals surface area contributed by atoms with Crippen LogP contribution in [-0.2, 0) is 7.05 Å². The summed E-state index contributed by atoms with van der Waals surface area (Å²) in [6.07, 6.45) is 1.80. The third-order valence-electron chi connectivity index (χ3n) is 2.05. The number of halogens is 1. The van der Waals surface area contributed by atoms with E-state index >= 15 is 0 Å². The van der Waals surface area contributed by atoms with Gasteiger partial charge in [-0.15, -0.1) is 0 Å². The van der Waals surface area contributed by atoms with E-state index in [1.54, 1.807) is 6.20 Å². The van der Waals surface area contributed by atoms with Gasteiger partial charge < -0.3 is 0 Å². The highest BCUT2D eigenvalue weighted by atomic mass is 35.5. The first kappa shape index (κ1) is 7.62. The molecular weight excluding hydrogens is 172 g/mol. The molecular formula is C9H9ClN2. The van der Waals surface area contributed by atoms with E-state index in [0.717, 1.165) is 15.9 Å². The van der Waals surface area contributed by atoms with Crippen molar-refractivity contribution in [1.29, 1.82) is 0 Å². The zero-order valence-corrected chi connectivity index (χ0v) is 7.76. The Morgan fingerprint density at radius 1 is 1.42 bits per heavy atom. The molecule has 0 saturated heterocycles. The lowest BCUT2D eigenvalue weighted by atomic mass is 10.2. The lowest BCUT2D eigenvalue weighted by Crippen LogP contribution is -1.90. The van der Waals surface area contributed by atoms with Crippen molar-refractivity contribution in [3.63, 3.8) is 0 Å². The van der Waals surface area contributed by atoms with Crippen molar-refractivity contribution in [2.45, 2.75) is 6.92 Å². The van der Waals surface area contributed by atoms with Crippen LogP contribution < -0.4 is 0 Å². The highest BCUT2D eigenvalue weighted by Gasteiger charge is 2.05. The maximum atomic E-state index is 5.99. The maximum Gasteiger partial charge on any atom is 0.0723 e. The van der Waals surface area contributed by atoms with Crippen molar-refractivity contribution in [3.8, 4) is 0 Å². The molecule has 0 spiro atoms. The summed E-state index contributed by atoms with van der Waals surface area (Å²) in [7, 11) is 1.92. The molecule has 0 aliphatic heterocycles. The average molecular weight is 181 g/mol. The standard InChI is InChI=1S/C9H9ClN2/c1-6-3-4-8(10)7-5-11-12(2)9(6)7/h3-5H,1-2H3. The summed E-state index contributed by atoms with van der Waals surface area (Å²) in [4.78, 5) is 0. The Balaban J connectivity index is 2.98. The number of hydrogen-bond acceptors (Lipinski definition) is 1. The van der Waals surface area contributed by atoms with Gasteiger partial charge in [-0.3, -0.25) is 4.68 Å². The molecule has 0 atom stereocenters. The predicted octanol–water partition coefficient (Wildman–Crippen LogP) is 2.54. The molecule has 0 amide bonds. The van der Waals surface area contributed by atoms with Gasteiger partial charge in [0.25, 0.3) is 0 Å². The Labute approximate surface area is 75.8 Å². The largest absolute Gasteiger partial charge is 0.268 e. The zero-order chi connectivity index (χ0) is 8.72. The van der Waals surface area contributed by atoms with Crippen molar-refractivity contribution in [2.75, 3.05) is 0 Å². The molecule has 12 heavy (non-hydrogen) atoms. The van der Waals surface area contributed by atoms with E-state index in [4.69, 9.17) is 11.6 Å². The highest BCUT2D eigenvalue weighted by molar-refractivity contribution is 6.35. The monoisotopic (exact) mass is 180 g/mol. The molecule has 0 aliphatic carbocycles. The van der Waals surface area contributed by atoms with E-state index in [-0.39, 0.29) is 0 Å². The van der Waals surface area contributed by atoms with Gasteiger partial charge in [0.05, 0.1) is 16.7 Å². The molecule has 1 heterocycles. The van der Waals surface area contributed by atoms with E-state index < -0.39 is 0 Å². The van der Waals surface area contributed by atoms with Gasteiger partial charge in [-0.25, -0.2) is 0 Å². The Hall–Kier alpha value is -1.02. The number of nitrogens with zero attached hydrogens (tertiary/aromatic N) is 2. The van der Waals surface area contributed by atoms with Crippen LogP contribution in [0.3, 0.4) is 0 Å². The van der Waals surface area contributed by atoms with Gasteiger partial charge in [-0.1, -0.05) is 17.7 Å². The van der Waals surface area contributed by atoms with Crippen LogP contribution >= 0.6 is 11.6 Å². The SMILES string of the molecule is Cc1ccc(Cl)c2cnn(C)c12. The minimum atomic E-state index is 0.767. The first-order valence-corrected chi connectivity index (χ1v) is 4.15. The lowest BCUT2D eigenvalue weighted by Gasteiger charge is -1.99. The molecule has 2 aromatic rings. The second kappa shape index (κ2) is 2.49. The normalized spacial score (nSPS) is 10.9. The topological polar surface area (TPSA) is 17.8 Å². The number of fused-ring (bicyclic) bond motifs is 1. The third-order valence-corrected chi connectivity index (χ3v) is 2.38.